The van der Waals surface area contributed by atoms with Gasteiger partial charge in [0.15, 0.2) is 5.78 Å². The third-order valence-electron chi connectivity index (χ3n) is 2.35. The van der Waals surface area contributed by atoms with Crippen LogP contribution in [0.5, 0.6) is 5.75 Å². The van der Waals surface area contributed by atoms with Crippen LogP contribution in [-0.2, 0) is 16.0 Å². The Morgan fingerprint density at radius 3 is 2.71 bits per heavy atom. The average molecular weight is 302 g/mol. The lowest BCUT2D eigenvalue weighted by Crippen LogP contribution is -2.35. The highest BCUT2D eigenvalue weighted by molar-refractivity contribution is 9.10. The van der Waals surface area contributed by atoms with E-state index in [9.17, 15) is 4.79 Å². The van der Waals surface area contributed by atoms with Gasteiger partial charge in [0.25, 0.3) is 0 Å². The van der Waals surface area contributed by atoms with Gasteiger partial charge in [-0.1, -0.05) is 6.07 Å². The third kappa shape index (κ3) is 4.11. The van der Waals surface area contributed by atoms with E-state index in [1.807, 2.05) is 18.2 Å². The number of methoxy groups -OCH3 is 2. The van der Waals surface area contributed by atoms with Crippen LogP contribution in [0.3, 0.4) is 0 Å². The minimum absolute atomic E-state index is 0.0380. The molecule has 0 aliphatic rings. The second-order valence-electron chi connectivity index (χ2n) is 3.67. The second kappa shape index (κ2) is 6.74. The molecular weight excluding hydrogens is 286 g/mol. The lowest BCUT2D eigenvalue weighted by molar-refractivity contribution is -0.120. The fraction of sp³-hybridized carbons (Fsp3) is 0.417. The second-order valence-corrected chi connectivity index (χ2v) is 4.53. The summed E-state index contributed by atoms with van der Waals surface area (Å²) in [4.78, 5) is 11.7. The summed E-state index contributed by atoms with van der Waals surface area (Å²) in [5.41, 5.74) is 6.56. The van der Waals surface area contributed by atoms with Crippen molar-refractivity contribution < 1.29 is 14.3 Å². The van der Waals surface area contributed by atoms with Crippen LogP contribution >= 0.6 is 15.9 Å². The number of ether oxygens (including phenoxy) is 2. The normalized spacial score (nSPS) is 12.2. The van der Waals surface area contributed by atoms with Gasteiger partial charge in [-0.3, -0.25) is 4.79 Å². The number of nitrogens with two attached hydrogens (primary N) is 1. The molecule has 0 aromatic heterocycles. The number of carbonyl (C=O) groups is 1. The van der Waals surface area contributed by atoms with Gasteiger partial charge >= 0.3 is 0 Å². The first-order valence-corrected chi connectivity index (χ1v) is 5.97. The van der Waals surface area contributed by atoms with Gasteiger partial charge in [-0.15, -0.1) is 0 Å². The van der Waals surface area contributed by atoms with Gasteiger partial charge in [0.05, 0.1) is 24.2 Å². The molecule has 1 rings (SSSR count). The molecule has 0 fully saturated rings. The van der Waals surface area contributed by atoms with E-state index in [2.05, 4.69) is 15.9 Å². The number of hydrogen-bond acceptors (Lipinski definition) is 4. The Morgan fingerprint density at radius 1 is 1.47 bits per heavy atom. The van der Waals surface area contributed by atoms with Crippen LogP contribution in [-0.4, -0.2) is 32.7 Å². The number of rotatable bonds is 6. The first-order chi connectivity index (χ1) is 8.08. The molecule has 5 heteroatoms. The Kier molecular flexibility index (Phi) is 5.61. The molecule has 0 spiro atoms. The zero-order chi connectivity index (χ0) is 12.8. The Balaban J connectivity index is 2.69. The van der Waals surface area contributed by atoms with Gasteiger partial charge in [-0.2, -0.15) is 0 Å². The summed E-state index contributed by atoms with van der Waals surface area (Å²) in [5.74, 6) is 0.700. The summed E-state index contributed by atoms with van der Waals surface area (Å²) in [7, 11) is 3.12. The maximum Gasteiger partial charge on any atom is 0.156 e. The predicted molar refractivity (Wildman–Crippen MR) is 69.3 cm³/mol. The molecule has 1 aromatic rings. The molecule has 17 heavy (non-hydrogen) atoms. The van der Waals surface area contributed by atoms with Crippen molar-refractivity contribution in [3.8, 4) is 5.75 Å². The van der Waals surface area contributed by atoms with Gasteiger partial charge in [0.2, 0.25) is 0 Å². The van der Waals surface area contributed by atoms with Crippen LogP contribution in [0.2, 0.25) is 0 Å². The molecule has 2 N–H and O–H groups in total. The van der Waals surface area contributed by atoms with Crippen molar-refractivity contribution in [3.63, 3.8) is 0 Å². The largest absolute Gasteiger partial charge is 0.496 e. The molecule has 0 radical (unpaired) electrons. The van der Waals surface area contributed by atoms with Crippen LogP contribution < -0.4 is 10.5 Å². The number of ketones is 1. The van der Waals surface area contributed by atoms with E-state index >= 15 is 0 Å². The Morgan fingerprint density at radius 2 is 2.18 bits per heavy atom. The molecule has 1 unspecified atom stereocenters. The fourth-order valence-corrected chi connectivity index (χ4v) is 2.01. The van der Waals surface area contributed by atoms with Crippen LogP contribution in [0.15, 0.2) is 22.7 Å². The molecule has 4 nitrogen and oxygen atoms in total. The van der Waals surface area contributed by atoms with Gasteiger partial charge in [-0.05, 0) is 33.6 Å². The molecule has 0 bridgehead atoms. The van der Waals surface area contributed by atoms with Crippen molar-refractivity contribution in [2.45, 2.75) is 12.5 Å². The quantitative estimate of drug-likeness (QED) is 0.866. The molecular formula is C12H16BrNO3. The van der Waals surface area contributed by atoms with Crippen LogP contribution in [0, 0.1) is 0 Å². The van der Waals surface area contributed by atoms with Crippen molar-refractivity contribution >= 4 is 21.7 Å². The van der Waals surface area contributed by atoms with Gasteiger partial charge in [-0.25, -0.2) is 0 Å². The molecule has 1 aromatic carbocycles. The monoisotopic (exact) mass is 301 g/mol. The predicted octanol–water partition coefficient (Wildman–Crippen LogP) is 1.54. The maximum atomic E-state index is 11.7. The van der Waals surface area contributed by atoms with E-state index < -0.39 is 6.04 Å². The lowest BCUT2D eigenvalue weighted by Gasteiger charge is -2.10. The van der Waals surface area contributed by atoms with E-state index in [0.29, 0.717) is 6.42 Å². The molecule has 94 valence electrons. The van der Waals surface area contributed by atoms with E-state index in [4.69, 9.17) is 15.2 Å². The number of hydrogen-bond donors (Lipinski definition) is 1. The fourth-order valence-electron chi connectivity index (χ4n) is 1.42. The topological polar surface area (TPSA) is 61.5 Å². The summed E-state index contributed by atoms with van der Waals surface area (Å²) in [5, 5.41) is 0. The first kappa shape index (κ1) is 14.2. The molecule has 0 saturated carbocycles. The number of carbonyl (C=O) groups excluding carboxylic acids is 1. The number of halogens is 1. The van der Waals surface area contributed by atoms with Crippen molar-refractivity contribution in [2.75, 3.05) is 20.8 Å². The summed E-state index contributed by atoms with van der Waals surface area (Å²) in [6.45, 7) is 0.246. The molecule has 0 aliphatic carbocycles. The van der Waals surface area contributed by atoms with Crippen molar-refractivity contribution in [1.82, 2.24) is 0 Å². The molecule has 0 saturated heterocycles. The Labute approximate surface area is 109 Å². The van der Waals surface area contributed by atoms with Gasteiger partial charge in [0, 0.05) is 13.5 Å². The molecule has 0 amide bonds. The molecule has 0 heterocycles. The smallest absolute Gasteiger partial charge is 0.156 e. The summed E-state index contributed by atoms with van der Waals surface area (Å²) < 4.78 is 10.8. The maximum absolute atomic E-state index is 11.7. The Bertz CT molecular complexity index is 395. The minimum Gasteiger partial charge on any atom is -0.496 e. The number of benzene rings is 1. The summed E-state index contributed by atoms with van der Waals surface area (Å²) >= 11 is 3.37. The SMILES string of the molecule is COCC(N)C(=O)Cc1ccc(OC)c(Br)c1. The van der Waals surface area contributed by atoms with E-state index in [-0.39, 0.29) is 12.4 Å². The van der Waals surface area contributed by atoms with Crippen molar-refractivity contribution in [1.29, 1.82) is 0 Å². The highest BCUT2D eigenvalue weighted by atomic mass is 79.9. The highest BCUT2D eigenvalue weighted by Gasteiger charge is 2.14. The zero-order valence-corrected chi connectivity index (χ0v) is 11.5. The van der Waals surface area contributed by atoms with Crippen molar-refractivity contribution in [2.24, 2.45) is 5.73 Å². The van der Waals surface area contributed by atoms with Crippen LogP contribution in [0.4, 0.5) is 0 Å². The third-order valence-corrected chi connectivity index (χ3v) is 2.97. The first-order valence-electron chi connectivity index (χ1n) is 5.18. The number of Topliss-reactive ketones (excluding diaryl/α,β-unsaturated/α-hetero) is 1. The molecule has 1 atom stereocenters. The van der Waals surface area contributed by atoms with Crippen molar-refractivity contribution in [3.05, 3.63) is 28.2 Å². The molecule has 0 aliphatic heterocycles. The highest BCUT2D eigenvalue weighted by Crippen LogP contribution is 2.25. The van der Waals surface area contributed by atoms with Crippen LogP contribution in [0.25, 0.3) is 0 Å². The van der Waals surface area contributed by atoms with Gasteiger partial charge < -0.3 is 15.2 Å². The van der Waals surface area contributed by atoms with Gasteiger partial charge in [0.1, 0.15) is 5.75 Å². The van der Waals surface area contributed by atoms with E-state index in [0.717, 1.165) is 15.8 Å². The standard InChI is InChI=1S/C12H16BrNO3/c1-16-7-10(14)11(15)6-8-3-4-12(17-2)9(13)5-8/h3-5,10H,6-7,14H2,1-2H3. The summed E-state index contributed by atoms with van der Waals surface area (Å²) in [6.07, 6.45) is 0.299. The average Bonchev–Trinajstić information content (AvgIpc) is 2.29. The van der Waals surface area contributed by atoms with E-state index in [1.165, 1.54) is 7.11 Å². The minimum atomic E-state index is -0.569. The summed E-state index contributed by atoms with van der Waals surface area (Å²) in [6, 6.07) is 4.95. The van der Waals surface area contributed by atoms with E-state index in [1.54, 1.807) is 7.11 Å². The zero-order valence-electron chi connectivity index (χ0n) is 9.90. The Hall–Kier alpha value is -0.910. The van der Waals surface area contributed by atoms with Crippen LogP contribution in [0.1, 0.15) is 5.56 Å². The lowest BCUT2D eigenvalue weighted by atomic mass is 10.0.